The van der Waals surface area contributed by atoms with Gasteiger partial charge in [-0.1, -0.05) is 0 Å². The highest BCUT2D eigenvalue weighted by Crippen LogP contribution is 2.42. The minimum absolute atomic E-state index is 0.338. The van der Waals surface area contributed by atoms with E-state index < -0.39 is 41.7 Å². The molecule has 0 atom stereocenters. The number of hydrogen-bond donors (Lipinski definition) is 0. The number of alkyl halides is 6. The van der Waals surface area contributed by atoms with Crippen LogP contribution in [0.25, 0.3) is 0 Å². The molecule has 0 spiro atoms. The Morgan fingerprint density at radius 2 is 1.73 bits per heavy atom. The van der Waals surface area contributed by atoms with Gasteiger partial charge in [-0.05, 0) is 32.0 Å². The van der Waals surface area contributed by atoms with Gasteiger partial charge in [0.1, 0.15) is 12.3 Å². The number of amides is 1. The summed E-state index contributed by atoms with van der Waals surface area (Å²) >= 11 is 0. The van der Waals surface area contributed by atoms with E-state index in [1.165, 1.54) is 13.8 Å². The Bertz CT molecular complexity index is 606. The molecule has 0 unspecified atom stereocenters. The normalized spacial score (nSPS) is 18.0. The van der Waals surface area contributed by atoms with Crippen molar-refractivity contribution in [2.24, 2.45) is 0 Å². The predicted octanol–water partition coefficient (Wildman–Crippen LogP) is 3.77. The van der Waals surface area contributed by atoms with Gasteiger partial charge in [0.15, 0.2) is 5.60 Å². The van der Waals surface area contributed by atoms with Gasteiger partial charge in [0, 0.05) is 0 Å². The van der Waals surface area contributed by atoms with Gasteiger partial charge in [0.2, 0.25) is 0 Å². The summed E-state index contributed by atoms with van der Waals surface area (Å²) in [6.45, 7) is 0.792. The number of anilines is 1. The summed E-state index contributed by atoms with van der Waals surface area (Å²) < 4.78 is 81.0. The molecule has 22 heavy (non-hydrogen) atoms. The van der Waals surface area contributed by atoms with E-state index in [9.17, 15) is 31.1 Å². The molecular formula is C13H11F6NO2. The zero-order chi connectivity index (χ0) is 16.9. The second kappa shape index (κ2) is 4.79. The third-order valence-electron chi connectivity index (χ3n) is 3.04. The number of fused-ring (bicyclic) bond motifs is 1. The second-order valence-corrected chi connectivity index (χ2v) is 5.30. The van der Waals surface area contributed by atoms with Crippen molar-refractivity contribution >= 4 is 11.6 Å². The number of hydrogen-bond acceptors (Lipinski definition) is 2. The highest BCUT2D eigenvalue weighted by molar-refractivity contribution is 6.02. The highest BCUT2D eigenvalue weighted by Gasteiger charge is 2.46. The number of carbonyl (C=O) groups excluding carboxylic acids is 1. The molecule has 122 valence electrons. The first-order valence-electron chi connectivity index (χ1n) is 6.10. The van der Waals surface area contributed by atoms with Crippen LogP contribution >= 0.6 is 0 Å². The van der Waals surface area contributed by atoms with Crippen molar-refractivity contribution in [3.05, 3.63) is 23.8 Å². The summed E-state index contributed by atoms with van der Waals surface area (Å²) in [5.41, 5.74) is -3.10. The van der Waals surface area contributed by atoms with Crippen LogP contribution in [0.2, 0.25) is 0 Å². The molecule has 0 saturated heterocycles. The van der Waals surface area contributed by atoms with Gasteiger partial charge < -0.3 is 4.74 Å². The Balaban J connectivity index is 2.53. The summed E-state index contributed by atoms with van der Waals surface area (Å²) in [4.78, 5) is 12.4. The van der Waals surface area contributed by atoms with Gasteiger partial charge >= 0.3 is 12.4 Å². The van der Waals surface area contributed by atoms with Gasteiger partial charge in [0.05, 0.1) is 11.3 Å². The van der Waals surface area contributed by atoms with Crippen LogP contribution < -0.4 is 9.64 Å². The Hall–Kier alpha value is -1.93. The lowest BCUT2D eigenvalue weighted by molar-refractivity contribution is -0.143. The third-order valence-corrected chi connectivity index (χ3v) is 3.04. The number of rotatable bonds is 1. The van der Waals surface area contributed by atoms with Gasteiger partial charge in [-0.3, -0.25) is 9.69 Å². The fourth-order valence-corrected chi connectivity index (χ4v) is 2.08. The van der Waals surface area contributed by atoms with Gasteiger partial charge in [-0.2, -0.15) is 26.3 Å². The van der Waals surface area contributed by atoms with Crippen LogP contribution in [-0.4, -0.2) is 24.2 Å². The molecule has 3 nitrogen and oxygen atoms in total. The van der Waals surface area contributed by atoms with Crippen molar-refractivity contribution in [3.63, 3.8) is 0 Å². The van der Waals surface area contributed by atoms with Crippen LogP contribution in [0, 0.1) is 0 Å². The fourth-order valence-electron chi connectivity index (χ4n) is 2.08. The van der Waals surface area contributed by atoms with Crippen molar-refractivity contribution in [2.75, 3.05) is 11.4 Å². The van der Waals surface area contributed by atoms with Gasteiger partial charge in [-0.15, -0.1) is 0 Å². The van der Waals surface area contributed by atoms with Crippen molar-refractivity contribution in [1.29, 1.82) is 0 Å². The standard InChI is InChI=1S/C13H11F6NO2/c1-11(2)10(21)20(6-12(14,15)16)8-4-3-7(13(17,18)19)5-9(8)22-11/h3-5H,6H2,1-2H3. The molecule has 0 saturated carbocycles. The van der Waals surface area contributed by atoms with Crippen LogP contribution in [0.4, 0.5) is 32.0 Å². The van der Waals surface area contributed by atoms with E-state index in [0.717, 1.165) is 6.07 Å². The number of carbonyl (C=O) groups is 1. The van der Waals surface area contributed by atoms with Gasteiger partial charge in [-0.25, -0.2) is 0 Å². The number of nitrogens with zero attached hydrogens (tertiary/aromatic N) is 1. The molecule has 0 aliphatic carbocycles. The molecule has 1 heterocycles. The maximum absolute atomic E-state index is 12.7. The maximum Gasteiger partial charge on any atom is 0.416 e. The molecule has 2 rings (SSSR count). The third kappa shape index (κ3) is 3.12. The van der Waals surface area contributed by atoms with Crippen molar-refractivity contribution < 1.29 is 35.9 Å². The molecular weight excluding hydrogens is 316 g/mol. The Kier molecular flexibility index (Phi) is 3.58. The second-order valence-electron chi connectivity index (χ2n) is 5.30. The van der Waals surface area contributed by atoms with E-state index >= 15 is 0 Å². The molecule has 1 amide bonds. The monoisotopic (exact) mass is 327 g/mol. The minimum Gasteiger partial charge on any atom is -0.476 e. The van der Waals surface area contributed by atoms with Crippen molar-refractivity contribution in [1.82, 2.24) is 0 Å². The topological polar surface area (TPSA) is 29.5 Å². The lowest BCUT2D eigenvalue weighted by Gasteiger charge is -2.39. The molecule has 9 heteroatoms. The Morgan fingerprint density at radius 3 is 2.23 bits per heavy atom. The summed E-state index contributed by atoms with van der Waals surface area (Å²) in [5.74, 6) is -1.39. The molecule has 1 aromatic carbocycles. The number of halogens is 6. The van der Waals surface area contributed by atoms with E-state index in [2.05, 4.69) is 0 Å². The molecule has 0 aromatic heterocycles. The molecule has 0 N–H and O–H groups in total. The molecule has 0 bridgehead atoms. The first-order valence-corrected chi connectivity index (χ1v) is 6.10. The summed E-state index contributed by atoms with van der Waals surface area (Å²) in [6.07, 6.45) is -9.36. The highest BCUT2D eigenvalue weighted by atomic mass is 19.4. The van der Waals surface area contributed by atoms with E-state index in [1.54, 1.807) is 0 Å². The lowest BCUT2D eigenvalue weighted by Crippen LogP contribution is -2.54. The van der Waals surface area contributed by atoms with E-state index in [-0.39, 0.29) is 5.69 Å². The van der Waals surface area contributed by atoms with Crippen LogP contribution in [0.1, 0.15) is 19.4 Å². The zero-order valence-electron chi connectivity index (χ0n) is 11.5. The molecule has 1 aliphatic heterocycles. The summed E-state index contributed by atoms with van der Waals surface area (Å²) in [5, 5.41) is 0. The minimum atomic E-state index is -4.69. The van der Waals surface area contributed by atoms with E-state index in [1.807, 2.05) is 0 Å². The first-order chi connectivity index (χ1) is 9.81. The van der Waals surface area contributed by atoms with E-state index in [0.29, 0.717) is 17.0 Å². The van der Waals surface area contributed by atoms with Crippen LogP contribution in [0.5, 0.6) is 5.75 Å². The van der Waals surface area contributed by atoms with E-state index in [4.69, 9.17) is 4.74 Å². The molecule has 1 aliphatic rings. The Labute approximate surface area is 121 Å². The first kappa shape index (κ1) is 16.4. The predicted molar refractivity (Wildman–Crippen MR) is 64.6 cm³/mol. The molecule has 0 radical (unpaired) electrons. The largest absolute Gasteiger partial charge is 0.476 e. The van der Waals surface area contributed by atoms with Gasteiger partial charge in [0.25, 0.3) is 5.91 Å². The summed E-state index contributed by atoms with van der Waals surface area (Å²) in [6, 6.07) is 2.00. The van der Waals surface area contributed by atoms with Crippen molar-refractivity contribution in [3.8, 4) is 5.75 Å². The van der Waals surface area contributed by atoms with Crippen LogP contribution in [-0.2, 0) is 11.0 Å². The lowest BCUT2D eigenvalue weighted by atomic mass is 10.0. The van der Waals surface area contributed by atoms with Crippen LogP contribution in [0.15, 0.2) is 18.2 Å². The zero-order valence-corrected chi connectivity index (χ0v) is 11.5. The molecule has 1 aromatic rings. The average Bonchev–Trinajstić information content (AvgIpc) is 2.31. The SMILES string of the molecule is CC1(C)Oc2cc(C(F)(F)F)ccc2N(CC(F)(F)F)C1=O. The number of ether oxygens (including phenoxy) is 1. The maximum atomic E-state index is 12.7. The smallest absolute Gasteiger partial charge is 0.416 e. The Morgan fingerprint density at radius 1 is 1.14 bits per heavy atom. The fraction of sp³-hybridized carbons (Fsp3) is 0.462. The molecule has 0 fully saturated rings. The summed E-state index contributed by atoms with van der Waals surface area (Å²) in [7, 11) is 0. The van der Waals surface area contributed by atoms with Crippen LogP contribution in [0.3, 0.4) is 0 Å². The average molecular weight is 327 g/mol. The quantitative estimate of drug-likeness (QED) is 0.735. The number of benzene rings is 1. The van der Waals surface area contributed by atoms with Crippen molar-refractivity contribution in [2.45, 2.75) is 31.8 Å².